The maximum Gasteiger partial charge on any atom is 0.469 e. The number of nitrogens with one attached hydrogen (secondary N) is 6. The summed E-state index contributed by atoms with van der Waals surface area (Å²) in [4.78, 5) is 161. The fourth-order valence-electron chi connectivity index (χ4n) is 10.3. The number of phosphoric acid groups is 2. The number of anilines is 3. The second-order valence-corrected chi connectivity index (χ2v) is 47.5. The van der Waals surface area contributed by atoms with E-state index in [2.05, 4.69) is 82.3 Å². The van der Waals surface area contributed by atoms with E-state index in [1.54, 1.807) is 77.9 Å². The number of carbonyl (C=O) groups excluding carboxylic acids is 11. The molecule has 0 heterocycles. The van der Waals surface area contributed by atoms with Crippen LogP contribution in [0.25, 0.3) is 0 Å². The summed E-state index contributed by atoms with van der Waals surface area (Å²) in [6.45, 7) is 62.3. The first-order chi connectivity index (χ1) is 65.6. The first-order valence-electron chi connectivity index (χ1n) is 49.8. The molecule has 0 aliphatic rings. The first-order valence-corrected chi connectivity index (χ1v) is 56.0. The van der Waals surface area contributed by atoms with Crippen LogP contribution in [0.1, 0.15) is 314 Å². The first kappa shape index (κ1) is 147. The number of ketones is 2. The number of unbranched alkanes of at least 4 members (excludes halogenated alkanes) is 3. The second-order valence-electron chi connectivity index (χ2n) is 42.0. The van der Waals surface area contributed by atoms with E-state index in [4.69, 9.17) is 45.3 Å². The Morgan fingerprint density at radius 1 is 0.382 bits per heavy atom. The molecule has 0 atom stereocenters. The van der Waals surface area contributed by atoms with Crippen LogP contribution in [-0.2, 0) is 112 Å². The minimum atomic E-state index is -4.46. The molecule has 0 bridgehead atoms. The van der Waals surface area contributed by atoms with Crippen molar-refractivity contribution in [3.8, 4) is 0 Å². The van der Waals surface area contributed by atoms with Gasteiger partial charge in [0.25, 0.3) is 0 Å². The van der Waals surface area contributed by atoms with E-state index in [-0.39, 0.29) is 119 Å². The van der Waals surface area contributed by atoms with Crippen molar-refractivity contribution in [2.24, 2.45) is 49.1 Å². The number of amides is 6. The van der Waals surface area contributed by atoms with Gasteiger partial charge in [-0.2, -0.15) is 0 Å². The molecular formula is C102H190N10O28P2S2. The average molecular weight is 2130 g/mol. The number of nitrogens with zero attached hydrogens (tertiary/aromatic N) is 2. The summed E-state index contributed by atoms with van der Waals surface area (Å²) in [6.07, 6.45) is 14.4. The topological polar surface area (TPSA) is 588 Å². The van der Waals surface area contributed by atoms with E-state index in [9.17, 15) is 87.8 Å². The zero-order chi connectivity index (χ0) is 113. The van der Waals surface area contributed by atoms with Gasteiger partial charge >= 0.3 is 33.6 Å². The molecule has 144 heavy (non-hydrogen) atoms. The Bertz CT molecular complexity index is 4350. The molecule has 0 aliphatic heterocycles. The van der Waals surface area contributed by atoms with Gasteiger partial charge in [-0.15, -0.1) is 0 Å². The normalized spacial score (nSPS) is 12.0. The number of allylic oxidation sites excluding steroid dienone is 1. The van der Waals surface area contributed by atoms with Crippen molar-refractivity contribution in [2.45, 2.75) is 315 Å². The monoisotopic (exact) mass is 2130 g/mol. The van der Waals surface area contributed by atoms with Gasteiger partial charge in [0.1, 0.15) is 19.0 Å². The van der Waals surface area contributed by atoms with Crippen LogP contribution in [0.4, 0.5) is 17.1 Å². The number of Topliss-reactive ketones (excluding diaryl/α,β-unsaturated/α-hetero) is 2. The zero-order valence-electron chi connectivity index (χ0n) is 93.0. The number of quaternary nitrogens is 2. The molecule has 2 aromatic carbocycles. The minimum Gasteiger partial charge on any atom is -0.748 e. The van der Waals surface area contributed by atoms with Gasteiger partial charge in [-0.3, -0.25) is 57.0 Å². The highest BCUT2D eigenvalue weighted by atomic mass is 32.2. The van der Waals surface area contributed by atoms with Crippen LogP contribution in [0.3, 0.4) is 0 Å². The molecule has 2 rings (SSSR count). The van der Waals surface area contributed by atoms with Crippen molar-refractivity contribution < 1.29 is 140 Å². The molecule has 0 saturated carbocycles. The molecule has 6 amide bonds. The molecular weight excluding hydrogens is 1940 g/mol. The molecule has 0 aliphatic carbocycles. The molecule has 0 fully saturated rings. The highest BCUT2D eigenvalue weighted by Gasteiger charge is 2.33. The predicted molar refractivity (Wildman–Crippen MR) is 569 cm³/mol. The third-order valence-electron chi connectivity index (χ3n) is 24.5. The fraction of sp³-hybridized carbons (Fsp3) is 0.735. The Kier molecular flexibility index (Phi) is 74.0. The van der Waals surface area contributed by atoms with Crippen molar-refractivity contribution in [1.82, 2.24) is 21.3 Å². The van der Waals surface area contributed by atoms with E-state index in [0.717, 1.165) is 123 Å². The van der Waals surface area contributed by atoms with Gasteiger partial charge in [0, 0.05) is 125 Å². The van der Waals surface area contributed by atoms with Crippen molar-refractivity contribution in [1.29, 1.82) is 0 Å². The number of nitrogen functional groups attached to an aromatic ring is 1. The molecule has 0 saturated heterocycles. The van der Waals surface area contributed by atoms with E-state index in [1.807, 2.05) is 151 Å². The molecule has 14 N–H and O–H groups in total. The van der Waals surface area contributed by atoms with Crippen LogP contribution in [0.5, 0.6) is 0 Å². The number of phosphoric ester groups is 2. The minimum absolute atomic E-state index is 0.0202. The lowest BCUT2D eigenvalue weighted by atomic mass is 9.89. The Balaban J connectivity index is -0.000000382. The summed E-state index contributed by atoms with van der Waals surface area (Å²) < 4.78 is 108. The summed E-state index contributed by atoms with van der Waals surface area (Å²) in [5.74, 6) is -1.26. The molecule has 0 spiro atoms. The summed E-state index contributed by atoms with van der Waals surface area (Å²) >= 11 is 0. The summed E-state index contributed by atoms with van der Waals surface area (Å²) in [5.41, 5.74) is 11.8. The van der Waals surface area contributed by atoms with Gasteiger partial charge in [0.15, 0.2) is 5.78 Å². The third kappa shape index (κ3) is 78.5. The standard InChI is InChI=1S/C21H29NO4.2C15H32N2O4S.C13H23NO2.C12H18N2O.C10H22N2O.2C8H17O6P/c1-6-21(4,5)20(25)22-17-11-9-16(10-12-17)14-18(23)8-7-13-26-19(24)15(2)3;2*1-6-15(2,3)14(18)16-10-9-12-17(4,5)11-7-8-13-22(19,20)21;1-6-13(4,5)12(16)14-9-7-8-11(15)10(2)3;1-4-12(2,3)11(15)14-10-7-5-9(13)6-8-10;1-4-10(2,3)9(13)12-8-6-5-7-11;2*1-4-8(2,3)7(9)13-5-6-14-15(10,11)12/h9-12H,2,6-8,13-14H2,1,3-5H3,(H,22,25);2*6-13H2,1-5H3,(H-,16,18,19,20,21);2,6-9H2,1,3-5H3,(H,14,16);5-8H,4,13H2,1-3H3,(H,14,15);4-8,11H2,1-3H3,(H,12,13);2*4-6H2,1-3H3,(H2,10,11,12). The number of carbonyl (C=O) groups is 11. The lowest BCUT2D eigenvalue weighted by Gasteiger charge is -2.30. The number of hydrogen-bond donors (Lipinski definition) is 12. The molecule has 38 nitrogen and oxygen atoms in total. The van der Waals surface area contributed by atoms with E-state index in [1.165, 1.54) is 0 Å². The number of rotatable bonds is 60. The van der Waals surface area contributed by atoms with Crippen LogP contribution in [0.15, 0.2) is 72.8 Å². The number of esters is 3. The van der Waals surface area contributed by atoms with Crippen LogP contribution in [-0.4, -0.2) is 251 Å². The smallest absolute Gasteiger partial charge is 0.469 e. The van der Waals surface area contributed by atoms with Gasteiger partial charge in [0.05, 0.1) is 105 Å². The van der Waals surface area contributed by atoms with Crippen LogP contribution in [0.2, 0.25) is 0 Å². The highest BCUT2D eigenvalue weighted by Crippen LogP contribution is 2.37. The molecule has 2 aromatic rings. The van der Waals surface area contributed by atoms with E-state index < -0.39 is 70.0 Å². The van der Waals surface area contributed by atoms with E-state index >= 15 is 0 Å². The van der Waals surface area contributed by atoms with Crippen molar-refractivity contribution >= 4 is 118 Å². The highest BCUT2D eigenvalue weighted by molar-refractivity contribution is 7.85. The van der Waals surface area contributed by atoms with Crippen LogP contribution in [0, 0.1) is 43.3 Å². The van der Waals surface area contributed by atoms with Crippen LogP contribution < -0.4 is 43.4 Å². The predicted octanol–water partition coefficient (Wildman–Crippen LogP) is 15.3. The molecule has 838 valence electrons. The van der Waals surface area contributed by atoms with Gasteiger partial charge in [-0.1, -0.05) is 164 Å². The maximum atomic E-state index is 12.2. The Morgan fingerprint density at radius 2 is 0.674 bits per heavy atom. The van der Waals surface area contributed by atoms with Gasteiger partial charge < -0.3 is 95.2 Å². The lowest BCUT2D eigenvalue weighted by molar-refractivity contribution is -0.890. The number of nitrogens with two attached hydrogens (primary N) is 2. The van der Waals surface area contributed by atoms with Gasteiger partial charge in [-0.05, 0) is 198 Å². The molecule has 42 heteroatoms. The number of hydrogen-bond acceptors (Lipinski definition) is 26. The largest absolute Gasteiger partial charge is 0.748 e. The molecule has 0 aromatic heterocycles. The van der Waals surface area contributed by atoms with E-state index in [0.29, 0.717) is 114 Å². The fourth-order valence-corrected chi connectivity index (χ4v) is 12.1. The zero-order valence-corrected chi connectivity index (χ0v) is 96.5. The average Bonchev–Trinajstić information content (AvgIpc) is 0.764. The quantitative estimate of drug-likeness (QED) is 0.00428. The summed E-state index contributed by atoms with van der Waals surface area (Å²) in [7, 11) is -8.82. The number of ether oxygens (including phenoxy) is 3. The van der Waals surface area contributed by atoms with Gasteiger partial charge in [0.2, 0.25) is 35.4 Å². The van der Waals surface area contributed by atoms with Gasteiger partial charge in [-0.25, -0.2) is 30.8 Å². The summed E-state index contributed by atoms with van der Waals surface area (Å²) in [5, 5.41) is 17.5. The molecule has 0 radical (unpaired) electrons. The maximum absolute atomic E-state index is 12.2. The third-order valence-corrected chi connectivity index (χ3v) is 27.1. The summed E-state index contributed by atoms with van der Waals surface area (Å²) in [6, 6.07) is 14.4. The second kappa shape index (κ2) is 72.6. The lowest BCUT2D eigenvalue weighted by Crippen LogP contribution is -2.43. The van der Waals surface area contributed by atoms with Crippen molar-refractivity contribution in [3.63, 3.8) is 0 Å². The Morgan fingerprint density at radius 3 is 0.958 bits per heavy atom. The van der Waals surface area contributed by atoms with Crippen molar-refractivity contribution in [2.75, 3.05) is 148 Å². The molecule has 0 unspecified atom stereocenters. The van der Waals surface area contributed by atoms with Crippen molar-refractivity contribution in [3.05, 3.63) is 78.4 Å². The Labute approximate surface area is 864 Å². The SMILES string of the molecule is C=C(C)C(=O)CCCNC(=O)C(C)(C)CC.C=C(C)C(=O)OCCCC(=O)Cc1ccc(NC(=O)C(C)(C)CC)cc1.CCC(C)(C)C(=O)NCCCCN.CCC(C)(C)C(=O)NCCC[N+](C)(C)CCCCS(=O)(=O)[O-].CCC(C)(C)C(=O)NCCC[N+](C)(C)CCCCS(=O)(=O)[O-].CCC(C)(C)C(=O)Nc1ccc(N)cc1.CCC(C)(C)C(=O)OCCOP(=O)(O)O.CCC(C)(C)C(=O)OCCOP(=O)(O)O. The van der Waals surface area contributed by atoms with Crippen LogP contribution >= 0.6 is 15.6 Å². The Hall–Kier alpha value is -7.79. The number of benzene rings is 2.